The van der Waals surface area contributed by atoms with Crippen LogP contribution in [-0.2, 0) is 13.5 Å². The Bertz CT molecular complexity index is 913. The summed E-state index contributed by atoms with van der Waals surface area (Å²) in [6.45, 7) is 7.72. The van der Waals surface area contributed by atoms with Crippen LogP contribution in [0.3, 0.4) is 0 Å². The topological polar surface area (TPSA) is 21.1 Å². The number of hydrogen-bond acceptors (Lipinski definition) is 2. The molecule has 2 aromatic heterocycles. The highest BCUT2D eigenvalue weighted by Gasteiger charge is 2.29. The van der Waals surface area contributed by atoms with Crippen LogP contribution >= 0.6 is 12.4 Å². The van der Waals surface area contributed by atoms with Gasteiger partial charge in [-0.1, -0.05) is 31.2 Å². The average molecular weight is 356 g/mol. The average Bonchev–Trinajstić information content (AvgIpc) is 2.85. The minimum atomic E-state index is 0. The van der Waals surface area contributed by atoms with E-state index in [9.17, 15) is 0 Å². The summed E-state index contributed by atoms with van der Waals surface area (Å²) in [6.07, 6.45) is 4.15. The highest BCUT2D eigenvalue weighted by Crippen LogP contribution is 2.39. The van der Waals surface area contributed by atoms with Crippen LogP contribution in [0, 0.1) is 13.8 Å². The van der Waals surface area contributed by atoms with E-state index in [1.54, 1.807) is 0 Å². The molecule has 1 atom stereocenters. The molecule has 1 aliphatic rings. The van der Waals surface area contributed by atoms with Gasteiger partial charge in [0.05, 0.1) is 11.6 Å². The van der Waals surface area contributed by atoms with Crippen molar-refractivity contribution in [3.05, 3.63) is 58.9 Å². The van der Waals surface area contributed by atoms with Crippen molar-refractivity contribution in [2.24, 2.45) is 7.05 Å². The Labute approximate surface area is 156 Å². The van der Waals surface area contributed by atoms with Gasteiger partial charge in [0, 0.05) is 30.9 Å². The van der Waals surface area contributed by atoms with Crippen LogP contribution in [-0.4, -0.2) is 16.1 Å². The Morgan fingerprint density at radius 2 is 1.92 bits per heavy atom. The predicted molar refractivity (Wildman–Crippen MR) is 108 cm³/mol. The maximum absolute atomic E-state index is 4.82. The normalized spacial score (nSPS) is 16.6. The van der Waals surface area contributed by atoms with Crippen LogP contribution < -0.4 is 4.90 Å². The Morgan fingerprint density at radius 1 is 1.16 bits per heavy atom. The molecule has 3 nitrogen and oxygen atoms in total. The highest BCUT2D eigenvalue weighted by molar-refractivity contribution is 5.93. The fourth-order valence-corrected chi connectivity index (χ4v) is 4.25. The summed E-state index contributed by atoms with van der Waals surface area (Å²) in [6, 6.07) is 11.4. The first-order chi connectivity index (χ1) is 11.6. The van der Waals surface area contributed by atoms with Crippen LogP contribution in [0.5, 0.6) is 0 Å². The second kappa shape index (κ2) is 6.72. The number of pyridine rings is 1. The number of benzene rings is 1. The molecule has 0 N–H and O–H groups in total. The summed E-state index contributed by atoms with van der Waals surface area (Å²) in [5, 5.41) is 1.33. The molecule has 25 heavy (non-hydrogen) atoms. The Kier molecular flexibility index (Phi) is 4.79. The van der Waals surface area contributed by atoms with E-state index in [2.05, 4.69) is 67.6 Å². The maximum atomic E-state index is 4.82. The molecule has 4 rings (SSSR count). The van der Waals surface area contributed by atoms with Crippen molar-refractivity contribution in [3.63, 3.8) is 0 Å². The molecule has 1 aromatic carbocycles. The molecule has 0 amide bonds. The molecule has 0 aliphatic carbocycles. The number of rotatable bonds is 2. The Balaban J connectivity index is 0.00000182. The van der Waals surface area contributed by atoms with E-state index in [1.165, 1.54) is 33.3 Å². The molecule has 0 fully saturated rings. The fraction of sp³-hybridized carbons (Fsp3) is 0.381. The third-order valence-electron chi connectivity index (χ3n) is 5.76. The van der Waals surface area contributed by atoms with Crippen LogP contribution in [0.25, 0.3) is 10.9 Å². The van der Waals surface area contributed by atoms with Gasteiger partial charge in [0.1, 0.15) is 0 Å². The van der Waals surface area contributed by atoms with Gasteiger partial charge >= 0.3 is 0 Å². The number of aromatic nitrogens is 2. The Hall–Kier alpha value is -2.00. The van der Waals surface area contributed by atoms with E-state index in [4.69, 9.17) is 4.98 Å². The maximum Gasteiger partial charge on any atom is 0.153 e. The molecule has 0 saturated carbocycles. The predicted octanol–water partition coefficient (Wildman–Crippen LogP) is 5.13. The summed E-state index contributed by atoms with van der Waals surface area (Å²) in [5.74, 6) is 1.13. The summed E-state index contributed by atoms with van der Waals surface area (Å²) >= 11 is 0. The summed E-state index contributed by atoms with van der Waals surface area (Å²) in [4.78, 5) is 7.34. The zero-order valence-corrected chi connectivity index (χ0v) is 16.2. The van der Waals surface area contributed by atoms with Crippen molar-refractivity contribution in [1.29, 1.82) is 0 Å². The third-order valence-corrected chi connectivity index (χ3v) is 5.76. The first kappa shape index (κ1) is 17.8. The van der Waals surface area contributed by atoms with E-state index < -0.39 is 0 Å². The van der Waals surface area contributed by atoms with Crippen molar-refractivity contribution in [2.45, 2.75) is 39.7 Å². The number of fused-ring (bicyclic) bond motifs is 2. The minimum absolute atomic E-state index is 0. The van der Waals surface area contributed by atoms with Crippen molar-refractivity contribution in [2.75, 3.05) is 11.4 Å². The molecule has 0 bridgehead atoms. The largest absolute Gasteiger partial charge is 0.347 e. The molecular formula is C21H26ClN3. The molecule has 1 unspecified atom stereocenters. The van der Waals surface area contributed by atoms with Crippen molar-refractivity contribution in [1.82, 2.24) is 9.55 Å². The van der Waals surface area contributed by atoms with Gasteiger partial charge < -0.3 is 9.47 Å². The van der Waals surface area contributed by atoms with Crippen LogP contribution in [0.1, 0.15) is 41.8 Å². The van der Waals surface area contributed by atoms with Gasteiger partial charge in [-0.3, -0.25) is 0 Å². The van der Waals surface area contributed by atoms with Gasteiger partial charge in [0.2, 0.25) is 0 Å². The molecule has 0 spiro atoms. The van der Waals surface area contributed by atoms with Gasteiger partial charge in [-0.25, -0.2) is 4.98 Å². The van der Waals surface area contributed by atoms with Crippen molar-refractivity contribution < 1.29 is 0 Å². The van der Waals surface area contributed by atoms with E-state index in [-0.39, 0.29) is 12.4 Å². The third kappa shape index (κ3) is 2.62. The first-order valence-electron chi connectivity index (χ1n) is 8.88. The lowest BCUT2D eigenvalue weighted by molar-refractivity contribution is 0.563. The minimum Gasteiger partial charge on any atom is -0.347 e. The summed E-state index contributed by atoms with van der Waals surface area (Å²) < 4.78 is 2.31. The van der Waals surface area contributed by atoms with Crippen LogP contribution in [0.15, 0.2) is 36.5 Å². The van der Waals surface area contributed by atoms with Crippen molar-refractivity contribution >= 4 is 29.1 Å². The second-order valence-electron chi connectivity index (χ2n) is 6.87. The number of halogens is 1. The van der Waals surface area contributed by atoms with Crippen LogP contribution in [0.2, 0.25) is 0 Å². The van der Waals surface area contributed by atoms with Crippen molar-refractivity contribution in [3.8, 4) is 0 Å². The van der Waals surface area contributed by atoms with Crippen LogP contribution in [0.4, 0.5) is 5.82 Å². The van der Waals surface area contributed by atoms with Gasteiger partial charge in [0.25, 0.3) is 0 Å². The van der Waals surface area contributed by atoms with Gasteiger partial charge in [-0.15, -0.1) is 12.4 Å². The second-order valence-corrected chi connectivity index (χ2v) is 6.87. The lowest BCUT2D eigenvalue weighted by atomic mass is 9.91. The fourth-order valence-electron chi connectivity index (χ4n) is 4.25. The van der Waals surface area contributed by atoms with Gasteiger partial charge in [-0.2, -0.15) is 0 Å². The molecule has 3 heterocycles. The summed E-state index contributed by atoms with van der Waals surface area (Å²) in [7, 11) is 2.16. The molecule has 1 aliphatic heterocycles. The quantitative estimate of drug-likeness (QED) is 0.635. The molecule has 3 aromatic rings. The zero-order chi connectivity index (χ0) is 16.8. The monoisotopic (exact) mass is 355 g/mol. The van der Waals surface area contributed by atoms with Gasteiger partial charge in [0.15, 0.2) is 5.82 Å². The van der Waals surface area contributed by atoms with E-state index in [0.717, 1.165) is 25.2 Å². The van der Waals surface area contributed by atoms with E-state index >= 15 is 0 Å². The number of nitrogens with zero attached hydrogens (tertiary/aromatic N) is 3. The van der Waals surface area contributed by atoms with E-state index in [1.807, 2.05) is 6.20 Å². The van der Waals surface area contributed by atoms with E-state index in [0.29, 0.717) is 6.04 Å². The molecule has 0 saturated heterocycles. The zero-order valence-electron chi connectivity index (χ0n) is 15.4. The first-order valence-corrected chi connectivity index (χ1v) is 8.88. The number of hydrogen-bond donors (Lipinski definition) is 0. The number of aryl methyl sites for hydroxylation is 2. The molecule has 0 radical (unpaired) electrons. The molecule has 4 heteroatoms. The summed E-state index contributed by atoms with van der Waals surface area (Å²) in [5.41, 5.74) is 6.91. The molecular weight excluding hydrogens is 330 g/mol. The molecule has 132 valence electrons. The SMILES string of the molecule is CCC1c2ccccc2CCN1c1nccc2c(C)c(C)n(C)c12.Cl. The lowest BCUT2D eigenvalue weighted by Crippen LogP contribution is -2.36. The Morgan fingerprint density at radius 3 is 2.68 bits per heavy atom. The highest BCUT2D eigenvalue weighted by atomic mass is 35.5. The standard InChI is InChI=1S/C21H25N3.ClH/c1-5-19-18-9-7-6-8-16(18)11-13-24(19)21-20-17(10-12-22-21)14(2)15(3)23(20)4;/h6-10,12,19H,5,11,13H2,1-4H3;1H. The van der Waals surface area contributed by atoms with Gasteiger partial charge in [-0.05, 0) is 49.4 Å². The smallest absolute Gasteiger partial charge is 0.153 e. The number of anilines is 1. The lowest BCUT2D eigenvalue weighted by Gasteiger charge is -2.38.